The highest BCUT2D eigenvalue weighted by molar-refractivity contribution is 5.89. The van der Waals surface area contributed by atoms with Crippen molar-refractivity contribution in [2.45, 2.75) is 0 Å². The van der Waals surface area contributed by atoms with Gasteiger partial charge in [0.2, 0.25) is 0 Å². The fourth-order valence-corrected chi connectivity index (χ4v) is 2.10. The molecule has 0 radical (unpaired) electrons. The number of aromatic hydroxyl groups is 2. The van der Waals surface area contributed by atoms with Crippen LogP contribution in [-0.2, 0) is 0 Å². The monoisotopic (exact) mass is 280 g/mol. The van der Waals surface area contributed by atoms with Gasteiger partial charge in [-0.25, -0.2) is 4.79 Å². The van der Waals surface area contributed by atoms with Gasteiger partial charge in [-0.3, -0.25) is 4.90 Å². The van der Waals surface area contributed by atoms with E-state index in [1.807, 2.05) is 0 Å². The lowest BCUT2D eigenvalue weighted by Gasteiger charge is -2.27. The van der Waals surface area contributed by atoms with Crippen molar-refractivity contribution in [1.29, 1.82) is 0 Å². The minimum atomic E-state index is -0.356. The number of benzene rings is 1. The highest BCUT2D eigenvalue weighted by Gasteiger charge is 2.09. The molecule has 110 valence electrons. The van der Waals surface area contributed by atoms with Crippen molar-refractivity contribution in [2.24, 2.45) is 0 Å². The Morgan fingerprint density at radius 3 is 2.50 bits per heavy atom. The summed E-state index contributed by atoms with van der Waals surface area (Å²) in [6.07, 6.45) is 0. The quantitative estimate of drug-likeness (QED) is 0.540. The van der Waals surface area contributed by atoms with Crippen LogP contribution in [0.4, 0.5) is 10.5 Å². The van der Waals surface area contributed by atoms with Crippen molar-refractivity contribution < 1.29 is 15.0 Å². The molecule has 0 aliphatic carbocycles. The van der Waals surface area contributed by atoms with Gasteiger partial charge in [0.25, 0.3) is 0 Å². The van der Waals surface area contributed by atoms with Gasteiger partial charge in [0.1, 0.15) is 11.5 Å². The van der Waals surface area contributed by atoms with E-state index in [1.165, 1.54) is 18.2 Å². The maximum absolute atomic E-state index is 11.7. The molecule has 1 fully saturated rings. The second-order valence-electron chi connectivity index (χ2n) is 4.71. The third-order valence-electron chi connectivity index (χ3n) is 3.08. The Morgan fingerprint density at radius 1 is 1.20 bits per heavy atom. The molecule has 0 unspecified atom stereocenters. The summed E-state index contributed by atoms with van der Waals surface area (Å²) in [6.45, 7) is 5.30. The molecule has 7 heteroatoms. The smallest absolute Gasteiger partial charge is 0.319 e. The Kier molecular flexibility index (Phi) is 5.03. The number of amides is 2. The summed E-state index contributed by atoms with van der Waals surface area (Å²) in [6, 6.07) is 3.59. The first-order valence-electron chi connectivity index (χ1n) is 6.64. The molecule has 1 aromatic rings. The summed E-state index contributed by atoms with van der Waals surface area (Å²) in [5, 5.41) is 27.2. The van der Waals surface area contributed by atoms with E-state index in [-0.39, 0.29) is 17.5 Å². The number of rotatable bonds is 4. The molecule has 0 spiro atoms. The third kappa shape index (κ3) is 4.60. The van der Waals surface area contributed by atoms with Gasteiger partial charge in [0.15, 0.2) is 0 Å². The number of nitrogens with one attached hydrogen (secondary N) is 3. The van der Waals surface area contributed by atoms with Gasteiger partial charge >= 0.3 is 6.03 Å². The summed E-state index contributed by atoms with van der Waals surface area (Å²) >= 11 is 0. The zero-order valence-corrected chi connectivity index (χ0v) is 11.2. The highest BCUT2D eigenvalue weighted by atomic mass is 16.3. The first-order valence-corrected chi connectivity index (χ1v) is 6.64. The Morgan fingerprint density at radius 2 is 1.85 bits per heavy atom. The maximum Gasteiger partial charge on any atom is 0.319 e. The van der Waals surface area contributed by atoms with E-state index in [4.69, 9.17) is 0 Å². The Balaban J connectivity index is 1.72. The molecule has 1 aliphatic rings. The first-order chi connectivity index (χ1) is 9.63. The molecule has 5 N–H and O–H groups in total. The second-order valence-corrected chi connectivity index (χ2v) is 4.71. The van der Waals surface area contributed by atoms with E-state index in [1.54, 1.807) is 0 Å². The van der Waals surface area contributed by atoms with E-state index in [0.29, 0.717) is 12.2 Å². The van der Waals surface area contributed by atoms with Gasteiger partial charge in [0, 0.05) is 63.2 Å². The normalized spacial score (nSPS) is 15.8. The van der Waals surface area contributed by atoms with Crippen LogP contribution in [0.2, 0.25) is 0 Å². The molecule has 1 aliphatic heterocycles. The fraction of sp³-hybridized carbons (Fsp3) is 0.462. The standard InChI is InChI=1S/C13H20N4O3/c18-11-7-10(8-12(19)9-11)16-13(20)15-3-6-17-4-1-14-2-5-17/h7-9,14,18-19H,1-6H2,(H2,15,16,20). The Labute approximate surface area is 117 Å². The number of phenolic OH excluding ortho intramolecular Hbond substituents is 2. The minimum Gasteiger partial charge on any atom is -0.508 e. The van der Waals surface area contributed by atoms with E-state index in [2.05, 4.69) is 20.9 Å². The van der Waals surface area contributed by atoms with Crippen molar-refractivity contribution in [1.82, 2.24) is 15.5 Å². The molecular weight excluding hydrogens is 260 g/mol. The molecule has 20 heavy (non-hydrogen) atoms. The van der Waals surface area contributed by atoms with Crippen LogP contribution in [0.5, 0.6) is 11.5 Å². The van der Waals surface area contributed by atoms with Gasteiger partial charge in [-0.1, -0.05) is 0 Å². The summed E-state index contributed by atoms with van der Waals surface area (Å²) < 4.78 is 0. The van der Waals surface area contributed by atoms with E-state index < -0.39 is 0 Å². The minimum absolute atomic E-state index is 0.0962. The maximum atomic E-state index is 11.7. The summed E-state index contributed by atoms with van der Waals surface area (Å²) in [5.74, 6) is -0.192. The lowest BCUT2D eigenvalue weighted by atomic mass is 10.3. The molecule has 1 aromatic carbocycles. The zero-order valence-electron chi connectivity index (χ0n) is 11.2. The number of hydrogen-bond donors (Lipinski definition) is 5. The van der Waals surface area contributed by atoms with Crippen LogP contribution >= 0.6 is 0 Å². The predicted octanol–water partition coefficient (Wildman–Crippen LogP) is 0.125. The highest BCUT2D eigenvalue weighted by Crippen LogP contribution is 2.23. The zero-order chi connectivity index (χ0) is 14.4. The average molecular weight is 280 g/mol. The van der Waals surface area contributed by atoms with Gasteiger partial charge in [-0.05, 0) is 0 Å². The van der Waals surface area contributed by atoms with Crippen molar-refractivity contribution in [3.63, 3.8) is 0 Å². The number of carbonyl (C=O) groups excluding carboxylic acids is 1. The van der Waals surface area contributed by atoms with Crippen LogP contribution in [0.3, 0.4) is 0 Å². The number of phenols is 2. The molecular formula is C13H20N4O3. The van der Waals surface area contributed by atoms with E-state index >= 15 is 0 Å². The number of carbonyl (C=O) groups is 1. The first kappa shape index (κ1) is 14.4. The molecule has 7 nitrogen and oxygen atoms in total. The van der Waals surface area contributed by atoms with Crippen LogP contribution < -0.4 is 16.0 Å². The van der Waals surface area contributed by atoms with Crippen molar-refractivity contribution in [3.05, 3.63) is 18.2 Å². The van der Waals surface area contributed by atoms with E-state index in [9.17, 15) is 15.0 Å². The number of urea groups is 1. The summed E-state index contributed by atoms with van der Waals surface area (Å²) in [4.78, 5) is 13.9. The lowest BCUT2D eigenvalue weighted by Crippen LogP contribution is -2.46. The molecule has 1 saturated heterocycles. The van der Waals surface area contributed by atoms with Gasteiger partial charge in [0.05, 0.1) is 0 Å². The van der Waals surface area contributed by atoms with Crippen LogP contribution in [0, 0.1) is 0 Å². The predicted molar refractivity (Wildman–Crippen MR) is 76.1 cm³/mol. The van der Waals surface area contributed by atoms with Crippen LogP contribution in [0.25, 0.3) is 0 Å². The fourth-order valence-electron chi connectivity index (χ4n) is 2.10. The van der Waals surface area contributed by atoms with Crippen molar-refractivity contribution in [2.75, 3.05) is 44.6 Å². The van der Waals surface area contributed by atoms with Crippen molar-refractivity contribution in [3.8, 4) is 11.5 Å². The topological polar surface area (TPSA) is 96.9 Å². The third-order valence-corrected chi connectivity index (χ3v) is 3.08. The SMILES string of the molecule is O=C(NCCN1CCNCC1)Nc1cc(O)cc(O)c1. The Hall–Kier alpha value is -1.99. The number of nitrogens with zero attached hydrogens (tertiary/aromatic N) is 1. The molecule has 0 saturated carbocycles. The molecule has 2 rings (SSSR count). The van der Waals surface area contributed by atoms with Crippen molar-refractivity contribution >= 4 is 11.7 Å². The van der Waals surface area contributed by atoms with Gasteiger partial charge in [-0.15, -0.1) is 0 Å². The molecule has 0 bridgehead atoms. The van der Waals surface area contributed by atoms with E-state index in [0.717, 1.165) is 32.7 Å². The number of piperazine rings is 1. The van der Waals surface area contributed by atoms with Crippen LogP contribution in [0.15, 0.2) is 18.2 Å². The van der Waals surface area contributed by atoms with Crippen LogP contribution in [-0.4, -0.2) is 60.4 Å². The van der Waals surface area contributed by atoms with Gasteiger partial charge < -0.3 is 26.2 Å². The van der Waals surface area contributed by atoms with Crippen LogP contribution in [0.1, 0.15) is 0 Å². The number of hydrogen-bond acceptors (Lipinski definition) is 5. The molecule has 0 atom stereocenters. The Bertz CT molecular complexity index is 441. The van der Waals surface area contributed by atoms with Gasteiger partial charge in [-0.2, -0.15) is 0 Å². The number of anilines is 1. The molecule has 2 amide bonds. The lowest BCUT2D eigenvalue weighted by molar-refractivity contribution is 0.233. The summed E-state index contributed by atoms with van der Waals surface area (Å²) in [7, 11) is 0. The molecule has 1 heterocycles. The second kappa shape index (κ2) is 6.97. The largest absolute Gasteiger partial charge is 0.508 e. The average Bonchev–Trinajstić information content (AvgIpc) is 2.38. The molecule has 0 aromatic heterocycles. The summed E-state index contributed by atoms with van der Waals surface area (Å²) in [5.41, 5.74) is 0.349.